The molecule has 2 rings (SSSR count). The quantitative estimate of drug-likeness (QED) is 0.781. The summed E-state index contributed by atoms with van der Waals surface area (Å²) in [5, 5.41) is 21.4. The van der Waals surface area contributed by atoms with E-state index >= 15 is 0 Å². The zero-order valence-corrected chi connectivity index (χ0v) is 8.95. The summed E-state index contributed by atoms with van der Waals surface area (Å²) in [6.07, 6.45) is 2.34. The third kappa shape index (κ3) is 2.54. The molecule has 94 valence electrons. The van der Waals surface area contributed by atoms with E-state index in [4.69, 9.17) is 9.84 Å². The minimum atomic E-state index is -1.17. The Hall–Kier alpha value is -2.64. The van der Waals surface area contributed by atoms with E-state index in [-0.39, 0.29) is 17.1 Å². The second kappa shape index (κ2) is 4.70. The Balaban J connectivity index is 2.26. The zero-order valence-electron chi connectivity index (χ0n) is 8.95. The van der Waals surface area contributed by atoms with Crippen LogP contribution in [-0.4, -0.2) is 37.8 Å². The number of hydrogen-bond acceptors (Lipinski definition) is 5. The molecule has 0 saturated carbocycles. The molecule has 2 N–H and O–H groups in total. The van der Waals surface area contributed by atoms with Crippen LogP contribution in [0.3, 0.4) is 0 Å². The molecule has 0 radical (unpaired) electrons. The van der Waals surface area contributed by atoms with Crippen molar-refractivity contribution in [2.45, 2.75) is 0 Å². The number of ether oxygens (including phenoxy) is 1. The van der Waals surface area contributed by atoms with Gasteiger partial charge in [0.15, 0.2) is 6.61 Å². The van der Waals surface area contributed by atoms with Crippen molar-refractivity contribution in [1.29, 1.82) is 0 Å². The van der Waals surface area contributed by atoms with Crippen LogP contribution in [0.4, 0.5) is 4.39 Å². The number of carboxylic acids is 1. The summed E-state index contributed by atoms with van der Waals surface area (Å²) in [6.45, 7) is -0.585. The predicted octanol–water partition coefficient (Wildman–Crippen LogP) is 0.785. The number of aromatic nitrogens is 3. The maximum absolute atomic E-state index is 13.0. The molecule has 0 unspecified atom stereocenters. The van der Waals surface area contributed by atoms with E-state index in [1.807, 2.05) is 0 Å². The zero-order chi connectivity index (χ0) is 13.1. The molecule has 0 aliphatic heterocycles. The Morgan fingerprint density at radius 3 is 2.89 bits per heavy atom. The molecule has 7 nitrogen and oxygen atoms in total. The summed E-state index contributed by atoms with van der Waals surface area (Å²) in [6, 6.07) is 2.43. The van der Waals surface area contributed by atoms with Gasteiger partial charge in [0.1, 0.15) is 11.5 Å². The van der Waals surface area contributed by atoms with Crippen LogP contribution >= 0.6 is 0 Å². The number of carboxylic acid groups (broad SMARTS) is 1. The highest BCUT2D eigenvalue weighted by molar-refractivity contribution is 5.68. The summed E-state index contributed by atoms with van der Waals surface area (Å²) in [5.74, 6) is -1.82. The van der Waals surface area contributed by atoms with Crippen molar-refractivity contribution in [2.75, 3.05) is 6.61 Å². The van der Waals surface area contributed by atoms with Crippen LogP contribution in [0.2, 0.25) is 0 Å². The molecule has 2 heterocycles. The molecule has 8 heteroatoms. The van der Waals surface area contributed by atoms with Crippen molar-refractivity contribution in [1.82, 2.24) is 14.9 Å². The van der Waals surface area contributed by atoms with Crippen LogP contribution in [0, 0.1) is 5.82 Å². The summed E-state index contributed by atoms with van der Waals surface area (Å²) in [7, 11) is 0. The molecule has 0 aliphatic rings. The van der Waals surface area contributed by atoms with E-state index in [2.05, 4.69) is 10.1 Å². The summed E-state index contributed by atoms with van der Waals surface area (Å²) in [5.41, 5.74) is 0.428. The highest BCUT2D eigenvalue weighted by Crippen LogP contribution is 2.22. The van der Waals surface area contributed by atoms with E-state index in [0.29, 0.717) is 4.85 Å². The first-order valence-electron chi connectivity index (χ1n) is 4.81. The summed E-state index contributed by atoms with van der Waals surface area (Å²) >= 11 is 0. The fourth-order valence-electron chi connectivity index (χ4n) is 1.31. The van der Waals surface area contributed by atoms with Crippen molar-refractivity contribution >= 4 is 5.97 Å². The minimum Gasteiger partial charge on any atom is -0.479 e. The van der Waals surface area contributed by atoms with E-state index < -0.39 is 18.4 Å². The Bertz CT molecular complexity index is 584. The molecule has 0 atom stereocenters. The Kier molecular flexibility index (Phi) is 3.09. The van der Waals surface area contributed by atoms with E-state index in [9.17, 15) is 14.4 Å². The molecular formula is C10H8FN3O4. The van der Waals surface area contributed by atoms with Crippen molar-refractivity contribution in [3.8, 4) is 17.1 Å². The van der Waals surface area contributed by atoms with Gasteiger partial charge in [-0.1, -0.05) is 9.94 Å². The van der Waals surface area contributed by atoms with Gasteiger partial charge in [0.25, 0.3) is 0 Å². The van der Waals surface area contributed by atoms with Gasteiger partial charge in [-0.15, -0.1) is 0 Å². The van der Waals surface area contributed by atoms with Gasteiger partial charge in [-0.3, -0.25) is 4.98 Å². The van der Waals surface area contributed by atoms with Crippen molar-refractivity contribution in [2.24, 2.45) is 0 Å². The SMILES string of the molecule is O=C(O)COc1cc(-c2cncc(F)c2)n(O)n1. The Morgan fingerprint density at radius 2 is 2.22 bits per heavy atom. The fourth-order valence-corrected chi connectivity index (χ4v) is 1.31. The largest absolute Gasteiger partial charge is 0.479 e. The Morgan fingerprint density at radius 1 is 1.44 bits per heavy atom. The fraction of sp³-hybridized carbons (Fsp3) is 0.100. The lowest BCUT2D eigenvalue weighted by atomic mass is 10.2. The number of pyridine rings is 1. The van der Waals surface area contributed by atoms with Crippen molar-refractivity contribution in [3.05, 3.63) is 30.3 Å². The standard InChI is InChI=1S/C10H8FN3O4/c11-7-1-6(3-12-4-7)8-2-9(13-14(8)17)18-5-10(15)16/h1-4,17H,5H2,(H,15,16). The number of nitrogens with zero attached hydrogens (tertiary/aromatic N) is 3. The van der Waals surface area contributed by atoms with Gasteiger partial charge < -0.3 is 15.1 Å². The lowest BCUT2D eigenvalue weighted by Crippen LogP contribution is -2.09. The number of aliphatic carboxylic acids is 1. The molecular weight excluding hydrogens is 245 g/mol. The van der Waals surface area contributed by atoms with Crippen LogP contribution in [-0.2, 0) is 4.79 Å². The summed E-state index contributed by atoms with van der Waals surface area (Å²) < 4.78 is 17.7. The molecule has 0 aromatic carbocycles. The lowest BCUT2D eigenvalue weighted by Gasteiger charge is -1.98. The average molecular weight is 253 g/mol. The number of hydrogen-bond donors (Lipinski definition) is 2. The monoisotopic (exact) mass is 253 g/mol. The third-order valence-corrected chi connectivity index (χ3v) is 2.01. The summed E-state index contributed by atoms with van der Waals surface area (Å²) in [4.78, 5) is 14.4. The number of carbonyl (C=O) groups is 1. The first kappa shape index (κ1) is 11.8. The third-order valence-electron chi connectivity index (χ3n) is 2.01. The van der Waals surface area contributed by atoms with Gasteiger partial charge in [0, 0.05) is 17.8 Å². The normalized spacial score (nSPS) is 10.3. The van der Waals surface area contributed by atoms with E-state index in [0.717, 1.165) is 12.3 Å². The topological polar surface area (TPSA) is 97.5 Å². The van der Waals surface area contributed by atoms with E-state index in [1.165, 1.54) is 12.3 Å². The van der Waals surface area contributed by atoms with Crippen LogP contribution in [0.5, 0.6) is 5.88 Å². The van der Waals surface area contributed by atoms with Crippen LogP contribution in [0.1, 0.15) is 0 Å². The van der Waals surface area contributed by atoms with Crippen LogP contribution < -0.4 is 4.74 Å². The van der Waals surface area contributed by atoms with Gasteiger partial charge in [-0.25, -0.2) is 9.18 Å². The highest BCUT2D eigenvalue weighted by atomic mass is 19.1. The molecule has 0 spiro atoms. The molecule has 0 saturated heterocycles. The molecule has 18 heavy (non-hydrogen) atoms. The second-order valence-electron chi connectivity index (χ2n) is 3.33. The second-order valence-corrected chi connectivity index (χ2v) is 3.33. The van der Waals surface area contributed by atoms with Crippen LogP contribution in [0.25, 0.3) is 11.3 Å². The number of halogens is 1. The predicted molar refractivity (Wildman–Crippen MR) is 55.7 cm³/mol. The van der Waals surface area contributed by atoms with Gasteiger partial charge >= 0.3 is 5.97 Å². The molecule has 0 aliphatic carbocycles. The molecule has 0 fully saturated rings. The minimum absolute atomic E-state index is 0.0841. The highest BCUT2D eigenvalue weighted by Gasteiger charge is 2.12. The number of rotatable bonds is 4. The lowest BCUT2D eigenvalue weighted by molar-refractivity contribution is -0.139. The van der Waals surface area contributed by atoms with Crippen LogP contribution in [0.15, 0.2) is 24.5 Å². The van der Waals surface area contributed by atoms with Crippen molar-refractivity contribution in [3.63, 3.8) is 0 Å². The maximum Gasteiger partial charge on any atom is 0.341 e. The Labute approximate surface area is 100 Å². The van der Waals surface area contributed by atoms with E-state index in [1.54, 1.807) is 0 Å². The first-order valence-corrected chi connectivity index (χ1v) is 4.81. The first-order chi connectivity index (χ1) is 8.56. The van der Waals surface area contributed by atoms with Crippen molar-refractivity contribution < 1.29 is 24.2 Å². The van der Waals surface area contributed by atoms with Gasteiger partial charge in [0.2, 0.25) is 5.88 Å². The van der Waals surface area contributed by atoms with Gasteiger partial charge in [-0.2, -0.15) is 0 Å². The molecule has 0 amide bonds. The van der Waals surface area contributed by atoms with Gasteiger partial charge in [-0.05, 0) is 6.07 Å². The smallest absolute Gasteiger partial charge is 0.341 e. The molecule has 2 aromatic rings. The van der Waals surface area contributed by atoms with Gasteiger partial charge in [0.05, 0.1) is 6.20 Å². The maximum atomic E-state index is 13.0. The average Bonchev–Trinajstić information content (AvgIpc) is 2.68. The molecule has 0 bridgehead atoms. The molecule has 2 aromatic heterocycles.